The summed E-state index contributed by atoms with van der Waals surface area (Å²) in [6.07, 6.45) is 7.99. The monoisotopic (exact) mass is 315 g/mol. The molecule has 0 saturated heterocycles. The summed E-state index contributed by atoms with van der Waals surface area (Å²) in [6, 6.07) is 9.17. The molecule has 1 aromatic rings. The first kappa shape index (κ1) is 16.0. The Bertz CT molecular complexity index is 535. The van der Waals surface area contributed by atoms with Crippen LogP contribution in [-0.2, 0) is 9.59 Å². The van der Waals surface area contributed by atoms with Crippen LogP contribution in [0.2, 0.25) is 0 Å². The highest BCUT2D eigenvalue weighted by molar-refractivity contribution is 5.97. The van der Waals surface area contributed by atoms with Gasteiger partial charge >= 0.3 is 5.97 Å². The van der Waals surface area contributed by atoms with Crippen LogP contribution in [-0.4, -0.2) is 23.5 Å². The van der Waals surface area contributed by atoms with Gasteiger partial charge in [-0.1, -0.05) is 56.7 Å². The fourth-order valence-corrected chi connectivity index (χ4v) is 3.83. The van der Waals surface area contributed by atoms with Crippen LogP contribution in [0.25, 0.3) is 0 Å². The van der Waals surface area contributed by atoms with Crippen molar-refractivity contribution in [3.8, 4) is 0 Å². The van der Waals surface area contributed by atoms with E-state index in [2.05, 4.69) is 0 Å². The van der Waals surface area contributed by atoms with Crippen molar-refractivity contribution < 1.29 is 14.7 Å². The third kappa shape index (κ3) is 3.74. The lowest BCUT2D eigenvalue weighted by Gasteiger charge is -2.43. The van der Waals surface area contributed by atoms with Gasteiger partial charge in [0.2, 0.25) is 5.91 Å². The van der Waals surface area contributed by atoms with Crippen molar-refractivity contribution in [2.75, 3.05) is 11.4 Å². The number of carboxylic acid groups (broad SMARTS) is 1. The first-order valence-electron chi connectivity index (χ1n) is 8.72. The van der Waals surface area contributed by atoms with Crippen LogP contribution in [0.1, 0.15) is 44.9 Å². The van der Waals surface area contributed by atoms with E-state index in [0.717, 1.165) is 0 Å². The fraction of sp³-hybridized carbons (Fsp3) is 0.579. The molecule has 2 aliphatic carbocycles. The van der Waals surface area contributed by atoms with Gasteiger partial charge in [-0.05, 0) is 29.9 Å². The molecule has 124 valence electrons. The zero-order valence-electron chi connectivity index (χ0n) is 13.5. The van der Waals surface area contributed by atoms with Gasteiger partial charge in [-0.25, -0.2) is 0 Å². The largest absolute Gasteiger partial charge is 0.480 e. The van der Waals surface area contributed by atoms with Gasteiger partial charge in [0.05, 0.1) is 0 Å². The Balaban J connectivity index is 1.72. The summed E-state index contributed by atoms with van der Waals surface area (Å²) >= 11 is 0. The Kier molecular flexibility index (Phi) is 4.99. The van der Waals surface area contributed by atoms with E-state index in [1.807, 2.05) is 30.3 Å². The standard InChI is InChI=1S/C19H25NO3/c21-18(12-17(14-6-4-7-14)15-8-5-9-15)20(13-19(22)23)16-10-2-1-3-11-16/h1-3,10-11,14-15,17H,4-9,12-13H2,(H,22,23). The van der Waals surface area contributed by atoms with Crippen molar-refractivity contribution in [1.82, 2.24) is 0 Å². The molecule has 0 heterocycles. The fourth-order valence-electron chi connectivity index (χ4n) is 3.83. The second-order valence-electron chi connectivity index (χ2n) is 6.96. The summed E-state index contributed by atoms with van der Waals surface area (Å²) < 4.78 is 0. The third-order valence-corrected chi connectivity index (χ3v) is 5.58. The molecule has 1 aromatic carbocycles. The minimum absolute atomic E-state index is 0.0394. The molecule has 1 amide bonds. The molecule has 0 bridgehead atoms. The van der Waals surface area contributed by atoms with E-state index in [1.165, 1.54) is 43.4 Å². The second-order valence-corrected chi connectivity index (χ2v) is 6.96. The van der Waals surface area contributed by atoms with E-state index >= 15 is 0 Å². The zero-order chi connectivity index (χ0) is 16.2. The summed E-state index contributed by atoms with van der Waals surface area (Å²) in [6.45, 7) is -0.259. The highest BCUT2D eigenvalue weighted by Crippen LogP contribution is 2.46. The smallest absolute Gasteiger partial charge is 0.323 e. The Morgan fingerprint density at radius 1 is 1.04 bits per heavy atom. The van der Waals surface area contributed by atoms with Crippen molar-refractivity contribution in [1.29, 1.82) is 0 Å². The quantitative estimate of drug-likeness (QED) is 0.834. The lowest BCUT2D eigenvalue weighted by molar-refractivity contribution is -0.137. The topological polar surface area (TPSA) is 57.6 Å². The number of hydrogen-bond acceptors (Lipinski definition) is 2. The molecule has 1 N–H and O–H groups in total. The van der Waals surface area contributed by atoms with Crippen LogP contribution in [0, 0.1) is 17.8 Å². The van der Waals surface area contributed by atoms with Gasteiger partial charge in [-0.15, -0.1) is 0 Å². The predicted octanol–water partition coefficient (Wildman–Crippen LogP) is 3.71. The average Bonchev–Trinajstić information content (AvgIpc) is 2.41. The molecule has 0 spiro atoms. The third-order valence-electron chi connectivity index (χ3n) is 5.58. The molecule has 0 aromatic heterocycles. The van der Waals surface area contributed by atoms with Gasteiger partial charge in [0.1, 0.15) is 6.54 Å². The summed E-state index contributed by atoms with van der Waals surface area (Å²) in [5, 5.41) is 9.17. The van der Waals surface area contributed by atoms with E-state index in [9.17, 15) is 9.59 Å². The van der Waals surface area contributed by atoms with Crippen molar-refractivity contribution >= 4 is 17.6 Å². The molecular weight excluding hydrogens is 290 g/mol. The summed E-state index contributed by atoms with van der Waals surface area (Å²) in [7, 11) is 0. The molecule has 0 atom stereocenters. The first-order chi connectivity index (χ1) is 11.1. The first-order valence-corrected chi connectivity index (χ1v) is 8.72. The number of anilines is 1. The lowest BCUT2D eigenvalue weighted by Crippen LogP contribution is -2.40. The molecule has 2 saturated carbocycles. The number of rotatable bonds is 7. The average molecular weight is 315 g/mol. The van der Waals surface area contributed by atoms with Crippen molar-refractivity contribution in [3.63, 3.8) is 0 Å². The Morgan fingerprint density at radius 2 is 1.61 bits per heavy atom. The van der Waals surface area contributed by atoms with Crippen LogP contribution in [0.15, 0.2) is 30.3 Å². The van der Waals surface area contributed by atoms with Crippen molar-refractivity contribution in [3.05, 3.63) is 30.3 Å². The van der Waals surface area contributed by atoms with Crippen LogP contribution < -0.4 is 4.90 Å². The maximum Gasteiger partial charge on any atom is 0.323 e. The number of hydrogen-bond donors (Lipinski definition) is 1. The normalized spacial score (nSPS) is 18.3. The highest BCUT2D eigenvalue weighted by Gasteiger charge is 2.38. The van der Waals surface area contributed by atoms with E-state index in [-0.39, 0.29) is 12.5 Å². The second kappa shape index (κ2) is 7.16. The number of nitrogens with zero attached hydrogens (tertiary/aromatic N) is 1. The summed E-state index contributed by atoms with van der Waals surface area (Å²) in [4.78, 5) is 25.5. The number of carbonyl (C=O) groups is 2. The lowest BCUT2D eigenvalue weighted by atomic mass is 9.63. The maximum absolute atomic E-state index is 12.8. The molecule has 4 heteroatoms. The van der Waals surface area contributed by atoms with Crippen molar-refractivity contribution in [2.24, 2.45) is 17.8 Å². The molecule has 2 fully saturated rings. The highest BCUT2D eigenvalue weighted by atomic mass is 16.4. The van der Waals surface area contributed by atoms with Gasteiger partial charge < -0.3 is 10.0 Å². The van der Waals surface area contributed by atoms with E-state index in [4.69, 9.17) is 5.11 Å². The molecule has 0 radical (unpaired) electrons. The van der Waals surface area contributed by atoms with Crippen molar-refractivity contribution in [2.45, 2.75) is 44.9 Å². The van der Waals surface area contributed by atoms with E-state index in [0.29, 0.717) is 29.9 Å². The predicted molar refractivity (Wildman–Crippen MR) is 89.2 cm³/mol. The van der Waals surface area contributed by atoms with Gasteiger partial charge in [0, 0.05) is 12.1 Å². The Hall–Kier alpha value is -1.84. The number of carboxylic acids is 1. The molecule has 0 unspecified atom stereocenters. The number of amides is 1. The van der Waals surface area contributed by atoms with Crippen LogP contribution >= 0.6 is 0 Å². The Morgan fingerprint density at radius 3 is 2.04 bits per heavy atom. The number of aliphatic carboxylic acids is 1. The van der Waals surface area contributed by atoms with Gasteiger partial charge in [0.15, 0.2) is 0 Å². The minimum Gasteiger partial charge on any atom is -0.480 e. The SMILES string of the molecule is O=C(O)CN(C(=O)CC(C1CCC1)C1CCC1)c1ccccc1. The zero-order valence-corrected chi connectivity index (χ0v) is 13.5. The molecule has 3 rings (SSSR count). The van der Waals surface area contributed by atoms with Crippen LogP contribution in [0.3, 0.4) is 0 Å². The molecule has 0 aliphatic heterocycles. The van der Waals surface area contributed by atoms with E-state index in [1.54, 1.807) is 0 Å². The van der Waals surface area contributed by atoms with Crippen LogP contribution in [0.4, 0.5) is 5.69 Å². The number of carbonyl (C=O) groups excluding carboxylic acids is 1. The maximum atomic E-state index is 12.8. The molecule has 23 heavy (non-hydrogen) atoms. The van der Waals surface area contributed by atoms with Crippen LogP contribution in [0.5, 0.6) is 0 Å². The summed E-state index contributed by atoms with van der Waals surface area (Å²) in [5.74, 6) is 0.789. The van der Waals surface area contributed by atoms with Gasteiger partial charge in [-0.2, -0.15) is 0 Å². The van der Waals surface area contributed by atoms with Gasteiger partial charge in [-0.3, -0.25) is 9.59 Å². The van der Waals surface area contributed by atoms with E-state index < -0.39 is 5.97 Å². The number of benzene rings is 1. The summed E-state index contributed by atoms with van der Waals surface area (Å²) in [5.41, 5.74) is 0.681. The molecule has 4 nitrogen and oxygen atoms in total. The molecule has 2 aliphatic rings. The Labute approximate surface area is 137 Å². The minimum atomic E-state index is -0.967. The number of para-hydroxylation sites is 1. The van der Waals surface area contributed by atoms with Gasteiger partial charge in [0.25, 0.3) is 0 Å². The molecular formula is C19H25NO3.